The van der Waals surface area contributed by atoms with Crippen LogP contribution in [0.1, 0.15) is 51.8 Å². The lowest BCUT2D eigenvalue weighted by molar-refractivity contribution is 0.0733. The summed E-state index contributed by atoms with van der Waals surface area (Å²) in [5, 5.41) is 4.74. The molecule has 4 heterocycles. The van der Waals surface area contributed by atoms with Crippen molar-refractivity contribution in [3.05, 3.63) is 46.8 Å². The van der Waals surface area contributed by atoms with Crippen LogP contribution >= 0.6 is 0 Å². The maximum absolute atomic E-state index is 13.3. The van der Waals surface area contributed by atoms with Crippen LogP contribution < -0.4 is 0 Å². The maximum Gasteiger partial charge on any atom is 0.259 e. The van der Waals surface area contributed by atoms with E-state index in [-0.39, 0.29) is 5.91 Å². The van der Waals surface area contributed by atoms with E-state index in [0.29, 0.717) is 36.0 Å². The molecule has 2 aliphatic rings. The fourth-order valence-corrected chi connectivity index (χ4v) is 3.46. The number of aryl methyl sites for hydroxylation is 1. The zero-order chi connectivity index (χ0) is 17.0. The average molecular weight is 335 g/mol. The lowest BCUT2D eigenvalue weighted by Gasteiger charge is -2.28. The number of carbonyl (C=O) groups excluding carboxylic acids is 1. The van der Waals surface area contributed by atoms with Crippen LogP contribution in [-0.4, -0.2) is 37.5 Å². The molecule has 1 fully saturated rings. The van der Waals surface area contributed by atoms with Gasteiger partial charge in [-0.15, -0.1) is 0 Å². The first-order valence-corrected chi connectivity index (χ1v) is 8.54. The first-order chi connectivity index (χ1) is 12.2. The minimum atomic E-state index is -0.00939. The molecule has 25 heavy (non-hydrogen) atoms. The minimum absolute atomic E-state index is 0.00939. The highest BCUT2D eigenvalue weighted by Gasteiger charge is 2.31. The van der Waals surface area contributed by atoms with Gasteiger partial charge in [0.05, 0.1) is 28.9 Å². The second-order valence-electron chi connectivity index (χ2n) is 6.79. The molecule has 5 rings (SSSR count). The number of fused-ring (bicyclic) bond motifs is 2. The Labute approximate surface area is 144 Å². The van der Waals surface area contributed by atoms with E-state index in [1.807, 2.05) is 24.1 Å². The van der Waals surface area contributed by atoms with Crippen molar-refractivity contribution in [1.29, 1.82) is 0 Å². The lowest BCUT2D eigenvalue weighted by atomic mass is 10.0. The van der Waals surface area contributed by atoms with E-state index in [0.717, 1.165) is 41.6 Å². The second-order valence-corrected chi connectivity index (χ2v) is 6.79. The quantitative estimate of drug-likeness (QED) is 0.715. The van der Waals surface area contributed by atoms with Crippen LogP contribution in [0.5, 0.6) is 0 Å². The van der Waals surface area contributed by atoms with Gasteiger partial charge in [-0.3, -0.25) is 4.79 Å². The Hall–Kier alpha value is -2.83. The molecule has 7 heteroatoms. The zero-order valence-corrected chi connectivity index (χ0v) is 13.9. The summed E-state index contributed by atoms with van der Waals surface area (Å²) in [5.41, 5.74) is 4.78. The molecule has 1 saturated carbocycles. The van der Waals surface area contributed by atoms with Crippen molar-refractivity contribution in [3.8, 4) is 0 Å². The van der Waals surface area contributed by atoms with Crippen LogP contribution in [0.3, 0.4) is 0 Å². The number of rotatable bonds is 2. The van der Waals surface area contributed by atoms with Gasteiger partial charge in [0.2, 0.25) is 0 Å². The molecule has 1 aliphatic heterocycles. The SMILES string of the molecule is Cc1noc2nc(C3CC3)cc(C(=O)N3CCc4cncnc4C3)c12. The Morgan fingerprint density at radius 3 is 3.08 bits per heavy atom. The van der Waals surface area contributed by atoms with E-state index in [9.17, 15) is 4.79 Å². The minimum Gasteiger partial charge on any atom is -0.336 e. The highest BCUT2D eigenvalue weighted by atomic mass is 16.5. The predicted octanol–water partition coefficient (Wildman–Crippen LogP) is 2.40. The van der Waals surface area contributed by atoms with Crippen LogP contribution in [0.15, 0.2) is 23.1 Å². The molecule has 1 amide bonds. The molecule has 3 aromatic heterocycles. The highest BCUT2D eigenvalue weighted by molar-refractivity contribution is 6.06. The number of hydrogen-bond acceptors (Lipinski definition) is 6. The van der Waals surface area contributed by atoms with Gasteiger partial charge in [0.15, 0.2) is 0 Å². The molecule has 0 radical (unpaired) electrons. The topological polar surface area (TPSA) is 85.0 Å². The molecule has 0 aromatic carbocycles. The van der Waals surface area contributed by atoms with Gasteiger partial charge >= 0.3 is 0 Å². The van der Waals surface area contributed by atoms with Crippen molar-refractivity contribution in [3.63, 3.8) is 0 Å². The standard InChI is InChI=1S/C18H17N5O2/c1-10-16-13(6-14(11-2-3-11)21-17(16)25-22-10)18(24)23-5-4-12-7-19-9-20-15(12)8-23/h6-7,9,11H,2-5,8H2,1H3. The Balaban J connectivity index is 1.56. The monoisotopic (exact) mass is 335 g/mol. The summed E-state index contributed by atoms with van der Waals surface area (Å²) in [5.74, 6) is 0.432. The van der Waals surface area contributed by atoms with E-state index in [4.69, 9.17) is 4.52 Å². The van der Waals surface area contributed by atoms with Gasteiger partial charge in [-0.2, -0.15) is 0 Å². The normalized spacial score (nSPS) is 16.9. The molecule has 0 unspecified atom stereocenters. The third-order valence-electron chi connectivity index (χ3n) is 5.02. The molecule has 7 nitrogen and oxygen atoms in total. The van der Waals surface area contributed by atoms with Crippen molar-refractivity contribution in [2.24, 2.45) is 0 Å². The maximum atomic E-state index is 13.3. The van der Waals surface area contributed by atoms with Crippen molar-refractivity contribution in [2.75, 3.05) is 6.54 Å². The summed E-state index contributed by atoms with van der Waals surface area (Å²) in [4.78, 5) is 28.0. The molecule has 126 valence electrons. The molecule has 0 atom stereocenters. The van der Waals surface area contributed by atoms with Gasteiger partial charge in [-0.05, 0) is 37.8 Å². The largest absolute Gasteiger partial charge is 0.336 e. The van der Waals surface area contributed by atoms with Crippen molar-refractivity contribution < 1.29 is 9.32 Å². The Kier molecular flexibility index (Phi) is 3.10. The molecular formula is C18H17N5O2. The van der Waals surface area contributed by atoms with Gasteiger partial charge in [-0.1, -0.05) is 5.16 Å². The third kappa shape index (κ3) is 2.38. The van der Waals surface area contributed by atoms with E-state index in [1.165, 1.54) is 6.33 Å². The number of pyridine rings is 1. The second kappa shape index (κ2) is 5.34. The number of aromatic nitrogens is 4. The Morgan fingerprint density at radius 1 is 1.36 bits per heavy atom. The van der Waals surface area contributed by atoms with Crippen LogP contribution in [0, 0.1) is 6.92 Å². The summed E-state index contributed by atoms with van der Waals surface area (Å²) in [7, 11) is 0. The molecule has 1 aliphatic carbocycles. The average Bonchev–Trinajstić information content (AvgIpc) is 3.44. The predicted molar refractivity (Wildman–Crippen MR) is 89.0 cm³/mol. The van der Waals surface area contributed by atoms with Crippen LogP contribution in [0.25, 0.3) is 11.1 Å². The summed E-state index contributed by atoms with van der Waals surface area (Å²) >= 11 is 0. The van der Waals surface area contributed by atoms with E-state index < -0.39 is 0 Å². The number of nitrogens with zero attached hydrogens (tertiary/aromatic N) is 5. The summed E-state index contributed by atoms with van der Waals surface area (Å²) < 4.78 is 5.35. The highest BCUT2D eigenvalue weighted by Crippen LogP contribution is 2.40. The number of hydrogen-bond donors (Lipinski definition) is 0. The third-order valence-corrected chi connectivity index (χ3v) is 5.02. The molecule has 0 N–H and O–H groups in total. The Morgan fingerprint density at radius 2 is 2.24 bits per heavy atom. The van der Waals surface area contributed by atoms with Gasteiger partial charge < -0.3 is 9.42 Å². The lowest BCUT2D eigenvalue weighted by Crippen LogP contribution is -2.36. The zero-order valence-electron chi connectivity index (χ0n) is 13.9. The summed E-state index contributed by atoms with van der Waals surface area (Å²) in [6, 6.07) is 1.93. The fraction of sp³-hybridized carbons (Fsp3) is 0.389. The molecule has 0 saturated heterocycles. The fourth-order valence-electron chi connectivity index (χ4n) is 3.46. The van der Waals surface area contributed by atoms with E-state index in [1.54, 1.807) is 0 Å². The van der Waals surface area contributed by atoms with Gasteiger partial charge in [0.1, 0.15) is 6.33 Å². The first kappa shape index (κ1) is 14.5. The van der Waals surface area contributed by atoms with Crippen LogP contribution in [0.4, 0.5) is 0 Å². The number of amides is 1. The van der Waals surface area contributed by atoms with E-state index >= 15 is 0 Å². The van der Waals surface area contributed by atoms with Crippen LogP contribution in [-0.2, 0) is 13.0 Å². The molecule has 0 spiro atoms. The molecule has 3 aromatic rings. The van der Waals surface area contributed by atoms with Crippen molar-refractivity contribution in [1.82, 2.24) is 25.0 Å². The van der Waals surface area contributed by atoms with E-state index in [2.05, 4.69) is 20.1 Å². The first-order valence-electron chi connectivity index (χ1n) is 8.54. The molecular weight excluding hydrogens is 318 g/mol. The van der Waals surface area contributed by atoms with Crippen molar-refractivity contribution in [2.45, 2.75) is 38.6 Å². The summed E-state index contributed by atoms with van der Waals surface area (Å²) in [6.07, 6.45) is 6.38. The summed E-state index contributed by atoms with van der Waals surface area (Å²) in [6.45, 7) is 3.01. The van der Waals surface area contributed by atoms with Crippen molar-refractivity contribution >= 4 is 17.0 Å². The smallest absolute Gasteiger partial charge is 0.259 e. The van der Waals surface area contributed by atoms with Gasteiger partial charge in [-0.25, -0.2) is 15.0 Å². The van der Waals surface area contributed by atoms with Gasteiger partial charge in [0.25, 0.3) is 11.6 Å². The Bertz CT molecular complexity index is 992. The van der Waals surface area contributed by atoms with Crippen LogP contribution in [0.2, 0.25) is 0 Å². The van der Waals surface area contributed by atoms with Gasteiger partial charge in [0, 0.05) is 24.4 Å². The molecule has 0 bridgehead atoms. The number of carbonyl (C=O) groups is 1.